The molecule has 0 spiro atoms. The van der Waals surface area contributed by atoms with Crippen LogP contribution in [-0.2, 0) is 16.0 Å². The lowest BCUT2D eigenvalue weighted by Crippen LogP contribution is -2.42. The molecule has 0 radical (unpaired) electrons. The molecule has 4 atom stereocenters. The molecule has 40 heavy (non-hydrogen) atoms. The molecule has 5 rings (SSSR count). The molecular formula is C31H38FN3O5. The Morgan fingerprint density at radius 2 is 1.93 bits per heavy atom. The Morgan fingerprint density at radius 1 is 1.15 bits per heavy atom. The van der Waals surface area contributed by atoms with E-state index < -0.39 is 18.0 Å². The van der Waals surface area contributed by atoms with E-state index in [2.05, 4.69) is 0 Å². The standard InChI is InChI=1S/C31H38FN3O5/c1-17(2)40-27-14-10-21(32)16-24(27)29(37)30-33-28-23-11-9-18(3)34(31(38)39-5)25(23)12-13-26(28)35(30)22-8-6-7-20(15-22)19(4)36/h10,12-14,16-18,20,22,29,37H,6-9,11,15H2,1-5H3/t18-,20+,22+,29+/m0/s1. The highest BCUT2D eigenvalue weighted by Crippen LogP contribution is 2.43. The van der Waals surface area contributed by atoms with E-state index in [1.54, 1.807) is 11.8 Å². The lowest BCUT2D eigenvalue weighted by Gasteiger charge is -2.34. The molecule has 214 valence electrons. The summed E-state index contributed by atoms with van der Waals surface area (Å²) < 4.78 is 27.6. The van der Waals surface area contributed by atoms with Crippen molar-refractivity contribution in [1.82, 2.24) is 9.55 Å². The van der Waals surface area contributed by atoms with Gasteiger partial charge in [-0.2, -0.15) is 0 Å². The summed E-state index contributed by atoms with van der Waals surface area (Å²) in [6, 6.07) is 7.87. The highest BCUT2D eigenvalue weighted by molar-refractivity contribution is 5.95. The third-order valence-electron chi connectivity index (χ3n) is 8.31. The Balaban J connectivity index is 1.71. The molecule has 1 N–H and O–H groups in total. The Kier molecular flexibility index (Phi) is 7.86. The molecule has 1 aliphatic carbocycles. The van der Waals surface area contributed by atoms with E-state index in [0.29, 0.717) is 35.5 Å². The number of methoxy groups -OCH3 is 1. The minimum Gasteiger partial charge on any atom is -0.491 e. The van der Waals surface area contributed by atoms with Crippen LogP contribution < -0.4 is 9.64 Å². The number of rotatable bonds is 6. The largest absolute Gasteiger partial charge is 0.491 e. The fourth-order valence-electron chi connectivity index (χ4n) is 6.37. The van der Waals surface area contributed by atoms with Gasteiger partial charge in [-0.25, -0.2) is 14.2 Å². The topological polar surface area (TPSA) is 93.9 Å². The van der Waals surface area contributed by atoms with Crippen molar-refractivity contribution in [2.24, 2.45) is 5.92 Å². The highest BCUT2D eigenvalue weighted by atomic mass is 19.1. The third kappa shape index (κ3) is 5.07. The number of fused-ring (bicyclic) bond motifs is 3. The minimum absolute atomic E-state index is 0.0396. The van der Waals surface area contributed by atoms with Gasteiger partial charge in [-0.15, -0.1) is 0 Å². The second-order valence-electron chi connectivity index (χ2n) is 11.4. The summed E-state index contributed by atoms with van der Waals surface area (Å²) in [5.74, 6) is 0.375. The number of hydrogen-bond donors (Lipinski definition) is 1. The normalized spacial score (nSPS) is 21.8. The molecule has 0 saturated heterocycles. The number of aliphatic hydroxyl groups excluding tert-OH is 1. The van der Waals surface area contributed by atoms with Crippen LogP contribution in [0.1, 0.15) is 88.9 Å². The van der Waals surface area contributed by atoms with E-state index >= 15 is 0 Å². The van der Waals surface area contributed by atoms with Gasteiger partial charge in [0.25, 0.3) is 0 Å². The smallest absolute Gasteiger partial charge is 0.414 e. The number of anilines is 1. The van der Waals surface area contributed by atoms with Crippen LogP contribution in [0, 0.1) is 11.7 Å². The van der Waals surface area contributed by atoms with Gasteiger partial charge in [-0.05, 0) is 90.1 Å². The Hall–Kier alpha value is -3.46. The van der Waals surface area contributed by atoms with Crippen molar-refractivity contribution >= 4 is 28.6 Å². The summed E-state index contributed by atoms with van der Waals surface area (Å²) in [5, 5.41) is 11.8. The Bertz CT molecular complexity index is 1430. The molecule has 2 aliphatic rings. The van der Waals surface area contributed by atoms with Crippen LogP contribution >= 0.6 is 0 Å². The number of carbonyl (C=O) groups excluding carboxylic acids is 2. The summed E-state index contributed by atoms with van der Waals surface area (Å²) >= 11 is 0. The van der Waals surface area contributed by atoms with E-state index in [-0.39, 0.29) is 29.9 Å². The van der Waals surface area contributed by atoms with Crippen molar-refractivity contribution in [2.45, 2.75) is 90.5 Å². The fourth-order valence-corrected chi connectivity index (χ4v) is 6.37. The number of aryl methyl sites for hydroxylation is 1. The Morgan fingerprint density at radius 3 is 2.62 bits per heavy atom. The van der Waals surface area contributed by atoms with E-state index in [0.717, 1.165) is 42.5 Å². The summed E-state index contributed by atoms with van der Waals surface area (Å²) in [4.78, 5) is 31.7. The SMILES string of the molecule is COC(=O)N1c2ccc3c(nc([C@H](O)c4cc(F)ccc4OC(C)C)n3[C@@H]3CCC[C@@H](C(C)=O)C3)c2CC[C@@H]1C. The summed E-state index contributed by atoms with van der Waals surface area (Å²) in [7, 11) is 1.37. The van der Waals surface area contributed by atoms with Crippen molar-refractivity contribution in [2.75, 3.05) is 12.0 Å². The number of aromatic nitrogens is 2. The zero-order chi connectivity index (χ0) is 28.7. The number of aliphatic hydroxyl groups is 1. The molecule has 1 fully saturated rings. The number of nitrogens with zero attached hydrogens (tertiary/aromatic N) is 3. The van der Waals surface area contributed by atoms with Crippen molar-refractivity contribution in [3.63, 3.8) is 0 Å². The van der Waals surface area contributed by atoms with E-state index in [1.807, 2.05) is 37.5 Å². The van der Waals surface area contributed by atoms with Crippen LogP contribution in [0.2, 0.25) is 0 Å². The summed E-state index contributed by atoms with van der Waals surface area (Å²) in [5.41, 5.74) is 3.46. The molecule has 0 unspecified atom stereocenters. The maximum atomic E-state index is 14.5. The zero-order valence-corrected chi connectivity index (χ0v) is 23.8. The van der Waals surface area contributed by atoms with Crippen LogP contribution in [0.15, 0.2) is 30.3 Å². The van der Waals surface area contributed by atoms with E-state index in [4.69, 9.17) is 14.5 Å². The first-order valence-corrected chi connectivity index (χ1v) is 14.2. The van der Waals surface area contributed by atoms with Crippen LogP contribution in [0.3, 0.4) is 0 Å². The van der Waals surface area contributed by atoms with Gasteiger partial charge in [0.05, 0.1) is 29.9 Å². The van der Waals surface area contributed by atoms with Crippen LogP contribution in [0.5, 0.6) is 5.75 Å². The average Bonchev–Trinajstić information content (AvgIpc) is 3.33. The first-order valence-electron chi connectivity index (χ1n) is 14.2. The minimum atomic E-state index is -1.27. The quantitative estimate of drug-likeness (QED) is 0.388. The number of carbonyl (C=O) groups is 2. The van der Waals surface area contributed by atoms with Crippen molar-refractivity contribution < 1.29 is 28.6 Å². The number of imidazole rings is 1. The second-order valence-corrected chi connectivity index (χ2v) is 11.4. The van der Waals surface area contributed by atoms with Crippen molar-refractivity contribution in [3.8, 4) is 5.75 Å². The number of hydrogen-bond acceptors (Lipinski definition) is 6. The van der Waals surface area contributed by atoms with Crippen LogP contribution in [0.25, 0.3) is 11.0 Å². The number of halogens is 1. The van der Waals surface area contributed by atoms with Gasteiger partial charge in [-0.3, -0.25) is 9.69 Å². The molecule has 1 aliphatic heterocycles. The van der Waals surface area contributed by atoms with Gasteiger partial charge in [-0.1, -0.05) is 6.42 Å². The van der Waals surface area contributed by atoms with Gasteiger partial charge in [0, 0.05) is 29.1 Å². The van der Waals surface area contributed by atoms with Gasteiger partial charge in [0.15, 0.2) is 0 Å². The average molecular weight is 552 g/mol. The predicted octanol–water partition coefficient (Wildman–Crippen LogP) is 6.27. The lowest BCUT2D eigenvalue weighted by atomic mass is 9.83. The Labute approximate surface area is 234 Å². The maximum absolute atomic E-state index is 14.5. The monoisotopic (exact) mass is 551 g/mol. The van der Waals surface area contributed by atoms with Gasteiger partial charge in [0.2, 0.25) is 0 Å². The summed E-state index contributed by atoms with van der Waals surface area (Å²) in [6.07, 6.45) is 2.75. The van der Waals surface area contributed by atoms with Crippen LogP contribution in [-0.4, -0.2) is 45.8 Å². The number of ketones is 1. The molecule has 1 amide bonds. The number of Topliss-reactive ketones (excluding diaryl/α,β-unsaturated/α-hetero) is 1. The van der Waals surface area contributed by atoms with Gasteiger partial charge in [0.1, 0.15) is 29.3 Å². The zero-order valence-electron chi connectivity index (χ0n) is 23.8. The van der Waals surface area contributed by atoms with Crippen molar-refractivity contribution in [3.05, 3.63) is 53.1 Å². The van der Waals surface area contributed by atoms with Crippen LogP contribution in [0.4, 0.5) is 14.9 Å². The molecule has 0 bridgehead atoms. The maximum Gasteiger partial charge on any atom is 0.414 e. The highest BCUT2D eigenvalue weighted by Gasteiger charge is 2.35. The first kappa shape index (κ1) is 28.1. The number of amides is 1. The lowest BCUT2D eigenvalue weighted by molar-refractivity contribution is -0.122. The molecule has 3 aromatic rings. The summed E-state index contributed by atoms with van der Waals surface area (Å²) in [6.45, 7) is 7.37. The molecule has 8 nitrogen and oxygen atoms in total. The molecule has 1 saturated carbocycles. The fraction of sp³-hybridized carbons (Fsp3) is 0.516. The predicted molar refractivity (Wildman–Crippen MR) is 150 cm³/mol. The third-order valence-corrected chi connectivity index (χ3v) is 8.31. The first-order chi connectivity index (χ1) is 19.1. The molecule has 1 aromatic heterocycles. The number of benzene rings is 2. The van der Waals surface area contributed by atoms with E-state index in [9.17, 15) is 19.1 Å². The number of ether oxygens (including phenoxy) is 2. The van der Waals surface area contributed by atoms with Gasteiger partial charge >= 0.3 is 6.09 Å². The molecule has 9 heteroatoms. The molecule has 2 heterocycles. The van der Waals surface area contributed by atoms with Crippen molar-refractivity contribution in [1.29, 1.82) is 0 Å². The van der Waals surface area contributed by atoms with E-state index in [1.165, 1.54) is 25.3 Å². The molecule has 2 aromatic carbocycles. The molecular weight excluding hydrogens is 513 g/mol. The second kappa shape index (κ2) is 11.2. The van der Waals surface area contributed by atoms with Gasteiger partial charge < -0.3 is 19.1 Å².